The number of alkyl halides is 3. The summed E-state index contributed by atoms with van der Waals surface area (Å²) >= 11 is 0. The molecule has 13 heteroatoms. The van der Waals surface area contributed by atoms with Crippen molar-refractivity contribution in [2.75, 3.05) is 26.9 Å². The van der Waals surface area contributed by atoms with Crippen molar-refractivity contribution < 1.29 is 35.9 Å². The zero-order valence-corrected chi connectivity index (χ0v) is 17.0. The number of nitrogens with one attached hydrogen (secondary N) is 1. The Kier molecular flexibility index (Phi) is 7.40. The van der Waals surface area contributed by atoms with Gasteiger partial charge in [-0.3, -0.25) is 4.79 Å². The van der Waals surface area contributed by atoms with Crippen LogP contribution in [0.1, 0.15) is 24.1 Å². The van der Waals surface area contributed by atoms with Crippen molar-refractivity contribution in [3.63, 3.8) is 0 Å². The van der Waals surface area contributed by atoms with E-state index in [1.54, 1.807) is 18.6 Å². The van der Waals surface area contributed by atoms with Crippen molar-refractivity contribution in [2.45, 2.75) is 44.3 Å². The van der Waals surface area contributed by atoms with Crippen LogP contribution in [0.15, 0.2) is 6.33 Å². The minimum Gasteiger partial charge on any atom is -0.467 e. The summed E-state index contributed by atoms with van der Waals surface area (Å²) in [5, 5.41) is 0. The normalized spacial score (nSPS) is 20.6. The molecule has 9 nitrogen and oxygen atoms in total. The summed E-state index contributed by atoms with van der Waals surface area (Å²) < 4.78 is 73.4. The third-order valence-corrected chi connectivity index (χ3v) is 5.89. The number of piperidine rings is 1. The van der Waals surface area contributed by atoms with E-state index >= 15 is 0 Å². The minimum absolute atomic E-state index is 0.136. The van der Waals surface area contributed by atoms with Crippen LogP contribution in [0.3, 0.4) is 0 Å². The highest BCUT2D eigenvalue weighted by molar-refractivity contribution is 7.90. The molecule has 0 spiro atoms. The minimum atomic E-state index is -5.56. The Hall–Kier alpha value is -1.99. The molecule has 29 heavy (non-hydrogen) atoms. The number of carbonyl (C=O) groups is 1. The van der Waals surface area contributed by atoms with Crippen LogP contribution < -0.4 is 9.46 Å². The Morgan fingerprint density at radius 3 is 2.66 bits per heavy atom. The summed E-state index contributed by atoms with van der Waals surface area (Å²) in [5.41, 5.74) is -4.11. The van der Waals surface area contributed by atoms with Crippen molar-refractivity contribution in [3.8, 4) is 5.88 Å². The van der Waals surface area contributed by atoms with E-state index < -0.39 is 40.1 Å². The molecule has 1 aromatic heterocycles. The number of ether oxygens (including phenoxy) is 2. The summed E-state index contributed by atoms with van der Waals surface area (Å²) in [6, 6.07) is -2.04. The van der Waals surface area contributed by atoms with E-state index in [1.807, 2.05) is 0 Å². The SMILES string of the molecule is COC[C@H]1C(NS(=O)(=O)C(F)(F)F)CCCN1C(=O)COc1ncnc(C)c1C. The molecule has 1 aromatic rings. The maximum atomic E-state index is 12.7. The molecule has 0 aromatic carbocycles. The van der Waals surface area contributed by atoms with Gasteiger partial charge in [-0.05, 0) is 26.7 Å². The standard InChI is InChI=1S/C16H23F3N4O5S/c1-10-11(2)20-9-21-15(10)28-8-14(24)23-6-4-5-12(13(23)7-27-3)22-29(25,26)16(17,18)19/h9,12-13,22H,4-8H2,1-3H3/t12?,13-/m0/s1. The van der Waals surface area contributed by atoms with Crippen molar-refractivity contribution in [2.24, 2.45) is 0 Å². The van der Waals surface area contributed by atoms with Gasteiger partial charge in [-0.2, -0.15) is 13.2 Å². The summed E-state index contributed by atoms with van der Waals surface area (Å²) in [6.07, 6.45) is 1.75. The van der Waals surface area contributed by atoms with Gasteiger partial charge in [0.2, 0.25) is 5.88 Å². The summed E-state index contributed by atoms with van der Waals surface area (Å²) in [7, 11) is -4.24. The summed E-state index contributed by atoms with van der Waals surface area (Å²) in [5.74, 6) is -0.293. The largest absolute Gasteiger partial charge is 0.511 e. The Morgan fingerprint density at radius 1 is 1.34 bits per heavy atom. The molecule has 0 aliphatic carbocycles. The third-order valence-electron chi connectivity index (χ3n) is 4.67. The number of hydrogen-bond acceptors (Lipinski definition) is 7. The lowest BCUT2D eigenvalue weighted by Gasteiger charge is -2.41. The van der Waals surface area contributed by atoms with Gasteiger partial charge in [-0.25, -0.2) is 23.1 Å². The van der Waals surface area contributed by atoms with Crippen LogP contribution in [0.2, 0.25) is 0 Å². The van der Waals surface area contributed by atoms with Crippen LogP contribution in [0.4, 0.5) is 13.2 Å². The molecule has 1 unspecified atom stereocenters. The van der Waals surface area contributed by atoms with Gasteiger partial charge in [-0.15, -0.1) is 0 Å². The molecule has 0 saturated carbocycles. The molecule has 0 radical (unpaired) electrons. The highest BCUT2D eigenvalue weighted by Crippen LogP contribution is 2.26. The average molecular weight is 440 g/mol. The summed E-state index contributed by atoms with van der Waals surface area (Å²) in [6.45, 7) is 3.18. The first-order chi connectivity index (χ1) is 13.5. The number of sulfonamides is 1. The van der Waals surface area contributed by atoms with E-state index in [0.29, 0.717) is 17.7 Å². The monoisotopic (exact) mass is 440 g/mol. The van der Waals surface area contributed by atoms with E-state index in [-0.39, 0.29) is 25.5 Å². The van der Waals surface area contributed by atoms with Crippen LogP contribution in [-0.4, -0.2) is 73.7 Å². The predicted octanol–water partition coefficient (Wildman–Crippen LogP) is 0.917. The highest BCUT2D eigenvalue weighted by Gasteiger charge is 2.48. The van der Waals surface area contributed by atoms with Crippen molar-refractivity contribution in [1.82, 2.24) is 19.6 Å². The number of halogens is 3. The average Bonchev–Trinajstić information content (AvgIpc) is 2.63. The molecule has 1 saturated heterocycles. The Balaban J connectivity index is 2.13. The number of amides is 1. The van der Waals surface area contributed by atoms with Gasteiger partial charge in [0.05, 0.1) is 12.6 Å². The van der Waals surface area contributed by atoms with Crippen molar-refractivity contribution in [3.05, 3.63) is 17.6 Å². The second kappa shape index (κ2) is 9.22. The van der Waals surface area contributed by atoms with Crippen LogP contribution in [0, 0.1) is 13.8 Å². The van der Waals surface area contributed by atoms with Gasteiger partial charge in [0.1, 0.15) is 6.33 Å². The molecule has 1 N–H and O–H groups in total. The molecule has 2 atom stereocenters. The second-order valence-electron chi connectivity index (χ2n) is 6.60. The number of nitrogens with zero attached hydrogens (tertiary/aromatic N) is 3. The number of rotatable bonds is 7. The van der Waals surface area contributed by atoms with Crippen molar-refractivity contribution >= 4 is 15.9 Å². The number of likely N-dealkylation sites (tertiary alicyclic amines) is 1. The van der Waals surface area contributed by atoms with E-state index in [2.05, 4.69) is 9.97 Å². The number of carbonyl (C=O) groups excluding carboxylic acids is 1. The van der Waals surface area contributed by atoms with E-state index in [0.717, 1.165) is 0 Å². The Labute approximate surface area is 166 Å². The van der Waals surface area contributed by atoms with Crippen LogP contribution in [0.5, 0.6) is 5.88 Å². The first-order valence-electron chi connectivity index (χ1n) is 8.76. The Bertz CT molecular complexity index is 834. The van der Waals surface area contributed by atoms with Gasteiger partial charge in [0, 0.05) is 31.0 Å². The fourth-order valence-corrected chi connectivity index (χ4v) is 3.83. The molecule has 1 aliphatic rings. The number of hydrogen-bond donors (Lipinski definition) is 1. The molecule has 1 fully saturated rings. The molecular formula is C16H23F3N4O5S. The number of aryl methyl sites for hydroxylation is 1. The highest BCUT2D eigenvalue weighted by atomic mass is 32.2. The van der Waals surface area contributed by atoms with Gasteiger partial charge < -0.3 is 14.4 Å². The smallest absolute Gasteiger partial charge is 0.467 e. The number of aromatic nitrogens is 2. The van der Waals surface area contributed by atoms with E-state index in [9.17, 15) is 26.4 Å². The van der Waals surface area contributed by atoms with E-state index in [1.165, 1.54) is 18.3 Å². The lowest BCUT2D eigenvalue weighted by molar-refractivity contribution is -0.139. The number of methoxy groups -OCH3 is 1. The lowest BCUT2D eigenvalue weighted by atomic mass is 9.97. The lowest BCUT2D eigenvalue weighted by Crippen LogP contribution is -2.60. The molecule has 0 bridgehead atoms. The van der Waals surface area contributed by atoms with Gasteiger partial charge in [0.25, 0.3) is 5.91 Å². The van der Waals surface area contributed by atoms with Crippen molar-refractivity contribution in [1.29, 1.82) is 0 Å². The molecule has 1 amide bonds. The fraction of sp³-hybridized carbons (Fsp3) is 0.688. The van der Waals surface area contributed by atoms with Gasteiger partial charge in [0.15, 0.2) is 6.61 Å². The second-order valence-corrected chi connectivity index (χ2v) is 8.31. The zero-order valence-electron chi connectivity index (χ0n) is 16.2. The molecular weight excluding hydrogens is 417 g/mol. The van der Waals surface area contributed by atoms with Crippen LogP contribution in [-0.2, 0) is 19.6 Å². The molecule has 1 aliphatic heterocycles. The van der Waals surface area contributed by atoms with Gasteiger partial charge in [-0.1, -0.05) is 0 Å². The maximum absolute atomic E-state index is 12.7. The zero-order chi connectivity index (χ0) is 21.8. The predicted molar refractivity (Wildman–Crippen MR) is 95.5 cm³/mol. The van der Waals surface area contributed by atoms with Crippen LogP contribution >= 0.6 is 0 Å². The fourth-order valence-electron chi connectivity index (χ4n) is 3.02. The Morgan fingerprint density at radius 2 is 2.03 bits per heavy atom. The molecule has 2 rings (SSSR count). The first kappa shape index (κ1) is 23.3. The quantitative estimate of drug-likeness (QED) is 0.671. The topological polar surface area (TPSA) is 111 Å². The van der Waals surface area contributed by atoms with Gasteiger partial charge >= 0.3 is 15.5 Å². The first-order valence-corrected chi connectivity index (χ1v) is 10.2. The molecule has 164 valence electrons. The van der Waals surface area contributed by atoms with Crippen LogP contribution in [0.25, 0.3) is 0 Å². The van der Waals surface area contributed by atoms with E-state index in [4.69, 9.17) is 9.47 Å². The third kappa shape index (κ3) is 5.54. The molecule has 2 heterocycles. The summed E-state index contributed by atoms with van der Waals surface area (Å²) in [4.78, 5) is 21.9. The maximum Gasteiger partial charge on any atom is 0.511 e.